The van der Waals surface area contributed by atoms with Crippen molar-refractivity contribution in [3.8, 4) is 28.6 Å². The maximum atomic E-state index is 10.6. The second kappa shape index (κ2) is 10.2. The van der Waals surface area contributed by atoms with Crippen LogP contribution in [0.25, 0.3) is 92.9 Å². The third-order valence-electron chi connectivity index (χ3n) is 9.78. The van der Waals surface area contributed by atoms with E-state index in [9.17, 15) is 5.26 Å². The lowest BCUT2D eigenvalue weighted by Crippen LogP contribution is -2.02. The van der Waals surface area contributed by atoms with Crippen molar-refractivity contribution in [2.45, 2.75) is 0 Å². The molecule has 0 N–H and O–H groups in total. The summed E-state index contributed by atoms with van der Waals surface area (Å²) in [6.07, 6.45) is 0. The van der Waals surface area contributed by atoms with Gasteiger partial charge in [-0.15, -0.1) is 0 Å². The van der Waals surface area contributed by atoms with Gasteiger partial charge in [-0.05, 0) is 65.7 Å². The number of nitrogens with zero attached hydrogens (tertiary/aromatic N) is 4. The minimum absolute atomic E-state index is 0.415. The van der Waals surface area contributed by atoms with Gasteiger partial charge in [-0.3, -0.25) is 0 Å². The molecule has 7 aromatic carbocycles. The quantitative estimate of drug-likeness (QED) is 0.184. The Bertz CT molecular complexity index is 3020. The minimum atomic E-state index is 0.415. The molecule has 0 atom stereocenters. The van der Waals surface area contributed by atoms with Gasteiger partial charge in [-0.1, -0.05) is 91.0 Å². The van der Waals surface area contributed by atoms with Crippen molar-refractivity contribution in [3.63, 3.8) is 0 Å². The maximum absolute atomic E-state index is 10.6. The molecule has 0 spiro atoms. The zero-order chi connectivity index (χ0) is 32.6. The minimum Gasteiger partial charge on any atom is -0.455 e. The lowest BCUT2D eigenvalue weighted by atomic mass is 10.0. The Labute approximate surface area is 280 Å². The highest BCUT2D eigenvalue weighted by atomic mass is 16.3. The van der Waals surface area contributed by atoms with Crippen molar-refractivity contribution in [3.05, 3.63) is 163 Å². The van der Waals surface area contributed by atoms with E-state index >= 15 is 0 Å². The van der Waals surface area contributed by atoms with Crippen LogP contribution in [0.2, 0.25) is 0 Å². The molecule has 10 aromatic rings. The van der Waals surface area contributed by atoms with E-state index in [4.69, 9.17) is 11.0 Å². The van der Waals surface area contributed by atoms with E-state index in [1.165, 1.54) is 0 Å². The lowest BCUT2D eigenvalue weighted by molar-refractivity contribution is 0.673. The Hall–Kier alpha value is -7.08. The highest BCUT2D eigenvalue weighted by molar-refractivity contribution is 6.24. The van der Waals surface area contributed by atoms with E-state index in [-0.39, 0.29) is 0 Å². The molecule has 0 saturated carbocycles. The summed E-state index contributed by atoms with van der Waals surface area (Å²) in [5.74, 6) is 0. The van der Waals surface area contributed by atoms with E-state index in [1.54, 1.807) is 6.07 Å². The smallest absolute Gasteiger partial charge is 0.212 e. The van der Waals surface area contributed by atoms with Gasteiger partial charge >= 0.3 is 0 Å². The molecule has 0 fully saturated rings. The van der Waals surface area contributed by atoms with Crippen molar-refractivity contribution in [2.24, 2.45) is 0 Å². The number of hydrogen-bond acceptors (Lipinski definition) is 2. The van der Waals surface area contributed by atoms with E-state index in [2.05, 4.69) is 105 Å². The first-order valence-electron chi connectivity index (χ1n) is 16.1. The molecule has 5 nitrogen and oxygen atoms in total. The molecular weight excluding hydrogens is 601 g/mol. The van der Waals surface area contributed by atoms with Crippen LogP contribution >= 0.6 is 0 Å². The van der Waals surface area contributed by atoms with Crippen molar-refractivity contribution in [2.75, 3.05) is 0 Å². The summed E-state index contributed by atoms with van der Waals surface area (Å²) < 4.78 is 10.9. The van der Waals surface area contributed by atoms with E-state index in [0.717, 1.165) is 82.4 Å². The van der Waals surface area contributed by atoms with Gasteiger partial charge in [0.2, 0.25) is 5.69 Å². The van der Waals surface area contributed by atoms with Crippen LogP contribution in [0.5, 0.6) is 0 Å². The summed E-state index contributed by atoms with van der Waals surface area (Å²) in [5.41, 5.74) is 10.00. The summed E-state index contributed by atoms with van der Waals surface area (Å²) in [6.45, 7) is 8.21. The molecule has 0 amide bonds. The van der Waals surface area contributed by atoms with Gasteiger partial charge in [0.05, 0.1) is 57.0 Å². The molecule has 0 aliphatic carbocycles. The van der Waals surface area contributed by atoms with Crippen molar-refractivity contribution in [1.29, 1.82) is 5.26 Å². The third kappa shape index (κ3) is 3.79. The van der Waals surface area contributed by atoms with Gasteiger partial charge in [-0.25, -0.2) is 4.85 Å². The number of aromatic nitrogens is 2. The molecule has 0 aliphatic rings. The van der Waals surface area contributed by atoms with Crippen molar-refractivity contribution in [1.82, 2.24) is 9.13 Å². The molecule has 0 radical (unpaired) electrons. The lowest BCUT2D eigenvalue weighted by Gasteiger charge is -2.16. The van der Waals surface area contributed by atoms with E-state index in [0.29, 0.717) is 16.9 Å². The Morgan fingerprint density at radius 1 is 0.531 bits per heavy atom. The van der Waals surface area contributed by atoms with Gasteiger partial charge in [-0.2, -0.15) is 5.26 Å². The first-order chi connectivity index (χ1) is 24.2. The van der Waals surface area contributed by atoms with Gasteiger partial charge in [0, 0.05) is 26.9 Å². The fraction of sp³-hybridized carbons (Fsp3) is 0. The fourth-order valence-corrected chi connectivity index (χ4v) is 7.65. The van der Waals surface area contributed by atoms with E-state index in [1.807, 2.05) is 54.6 Å². The molecule has 0 unspecified atom stereocenters. The summed E-state index contributed by atoms with van der Waals surface area (Å²) in [6, 6.07) is 51.9. The molecule has 10 rings (SSSR count). The van der Waals surface area contributed by atoms with Gasteiger partial charge in [0.25, 0.3) is 0 Å². The number of benzene rings is 7. The fourth-order valence-electron chi connectivity index (χ4n) is 7.65. The van der Waals surface area contributed by atoms with Crippen LogP contribution < -0.4 is 0 Å². The van der Waals surface area contributed by atoms with Crippen molar-refractivity contribution < 1.29 is 4.42 Å². The van der Waals surface area contributed by atoms with Crippen LogP contribution in [0.1, 0.15) is 5.56 Å². The predicted molar refractivity (Wildman–Crippen MR) is 199 cm³/mol. The maximum Gasteiger partial charge on any atom is 0.212 e. The Morgan fingerprint density at radius 3 is 1.90 bits per heavy atom. The summed E-state index contributed by atoms with van der Waals surface area (Å²) >= 11 is 0. The Balaban J connectivity index is 1.35. The number of furan rings is 1. The first kappa shape index (κ1) is 27.1. The van der Waals surface area contributed by atoms with Crippen molar-refractivity contribution >= 4 is 71.2 Å². The summed E-state index contributed by atoms with van der Waals surface area (Å²) in [7, 11) is 0. The Morgan fingerprint density at radius 2 is 1.16 bits per heavy atom. The molecule has 0 bridgehead atoms. The topological polar surface area (TPSA) is 51.1 Å². The molecule has 0 saturated heterocycles. The molecular formula is C44H24N4O. The SMILES string of the molecule is [C-]#[N+]c1cc(C#N)c(-n2c3ccc(-c4ccccc4)cc3c3c4oc5ccccc5c4ccc32)cc1-n1c2ccccc2c2ccccc21. The molecule has 49 heavy (non-hydrogen) atoms. The van der Waals surface area contributed by atoms with Gasteiger partial charge in [0.15, 0.2) is 0 Å². The third-order valence-corrected chi connectivity index (χ3v) is 9.78. The predicted octanol–water partition coefficient (Wildman–Crippen LogP) is 11.9. The van der Waals surface area contributed by atoms with Crippen LogP contribution in [0.4, 0.5) is 5.69 Å². The summed E-state index contributed by atoms with van der Waals surface area (Å²) in [4.78, 5) is 3.96. The number of hydrogen-bond donors (Lipinski definition) is 0. The number of rotatable bonds is 3. The van der Waals surface area contributed by atoms with Crippen LogP contribution in [0, 0.1) is 17.9 Å². The highest BCUT2D eigenvalue weighted by Gasteiger charge is 2.23. The molecule has 3 aromatic heterocycles. The normalized spacial score (nSPS) is 11.6. The number of para-hydroxylation sites is 3. The van der Waals surface area contributed by atoms with Gasteiger partial charge < -0.3 is 13.6 Å². The second-order valence-corrected chi connectivity index (χ2v) is 12.3. The van der Waals surface area contributed by atoms with Crippen LogP contribution in [-0.2, 0) is 0 Å². The highest BCUT2D eigenvalue weighted by Crippen LogP contribution is 2.44. The van der Waals surface area contributed by atoms with Crippen LogP contribution in [-0.4, -0.2) is 9.13 Å². The average molecular weight is 625 g/mol. The zero-order valence-corrected chi connectivity index (χ0v) is 26.1. The van der Waals surface area contributed by atoms with Crippen LogP contribution in [0.3, 0.4) is 0 Å². The van der Waals surface area contributed by atoms with E-state index < -0.39 is 0 Å². The van der Waals surface area contributed by atoms with Gasteiger partial charge in [0.1, 0.15) is 11.2 Å². The molecule has 0 aliphatic heterocycles. The summed E-state index contributed by atoms with van der Waals surface area (Å²) in [5, 5.41) is 16.9. The average Bonchev–Trinajstić information content (AvgIpc) is 3.82. The number of fused-ring (bicyclic) bond motifs is 10. The zero-order valence-electron chi connectivity index (χ0n) is 26.1. The molecule has 226 valence electrons. The molecule has 5 heteroatoms. The monoisotopic (exact) mass is 624 g/mol. The first-order valence-corrected chi connectivity index (χ1v) is 16.1. The Kier molecular flexibility index (Phi) is 5.64. The largest absolute Gasteiger partial charge is 0.455 e. The standard InChI is InChI=1S/C44H24N4O/c1-46-35-24-29(26-45)40(25-41(35)47-36-16-8-5-13-30(36)31-14-6-9-17-37(31)47)48-38-21-19-28(27-11-3-2-4-12-27)23-34(38)43-39(48)22-20-33-32-15-7-10-18-42(32)49-44(33)43/h2-25H. The van der Waals surface area contributed by atoms with Crippen LogP contribution in [0.15, 0.2) is 150 Å². The second-order valence-electron chi connectivity index (χ2n) is 12.3. The molecule has 3 heterocycles. The number of nitriles is 1.